The van der Waals surface area contributed by atoms with Gasteiger partial charge in [0.05, 0.1) is 13.3 Å². The summed E-state index contributed by atoms with van der Waals surface area (Å²) in [4.78, 5) is 17.9. The van der Waals surface area contributed by atoms with E-state index in [0.29, 0.717) is 0 Å². The van der Waals surface area contributed by atoms with Crippen LogP contribution < -0.4 is 0 Å². The molecule has 2 rings (SSSR count). The van der Waals surface area contributed by atoms with E-state index in [1.54, 1.807) is 0 Å². The summed E-state index contributed by atoms with van der Waals surface area (Å²) in [6.45, 7) is 7.04. The maximum atomic E-state index is 9.45. The van der Waals surface area contributed by atoms with E-state index in [1.807, 2.05) is 0 Å². The predicted molar refractivity (Wildman–Crippen MR) is 75.7 cm³/mol. The van der Waals surface area contributed by atoms with E-state index in [0.717, 1.165) is 19.2 Å². The first-order valence-corrected chi connectivity index (χ1v) is 6.21. The predicted octanol–water partition coefficient (Wildman–Crippen LogP) is 0.262. The van der Waals surface area contributed by atoms with Crippen molar-refractivity contribution in [1.29, 1.82) is 0 Å². The van der Waals surface area contributed by atoms with E-state index in [9.17, 15) is 4.79 Å². The average molecular weight is 282 g/mol. The summed E-state index contributed by atoms with van der Waals surface area (Å²) in [7, 11) is 4.10. The van der Waals surface area contributed by atoms with Gasteiger partial charge in [-0.1, -0.05) is 6.58 Å². The highest BCUT2D eigenvalue weighted by molar-refractivity contribution is 5.71. The Kier molecular flexibility index (Phi) is 5.45. The van der Waals surface area contributed by atoms with Crippen LogP contribution in [0.2, 0.25) is 0 Å². The Morgan fingerprint density at radius 3 is 1.65 bits per heavy atom. The molecule has 0 spiro atoms. The molecule has 0 saturated heterocycles. The van der Waals surface area contributed by atoms with Crippen LogP contribution in [0.4, 0.5) is 0 Å². The number of aliphatic carboxylic acids is 1. The van der Waals surface area contributed by atoms with E-state index in [2.05, 4.69) is 65.1 Å². The molecule has 0 aromatic carbocycles. The Hall–Kier alpha value is -2.15. The summed E-state index contributed by atoms with van der Waals surface area (Å²) in [5.74, 6) is -0.166. The van der Waals surface area contributed by atoms with Gasteiger partial charge in [-0.05, 0) is 6.92 Å². The summed E-state index contributed by atoms with van der Waals surface area (Å²) >= 11 is 0. The van der Waals surface area contributed by atoms with Crippen molar-refractivity contribution in [3.8, 4) is 0 Å². The highest BCUT2D eigenvalue weighted by Crippen LogP contribution is 2.17. The summed E-state index contributed by atoms with van der Waals surface area (Å²) in [5, 5.41) is 15.8. The van der Waals surface area contributed by atoms with Gasteiger partial charge >= 0.3 is 5.97 Å². The fourth-order valence-electron chi connectivity index (χ4n) is 1.56. The number of carbonyl (C=O) groups is 1. The Morgan fingerprint density at radius 1 is 1.10 bits per heavy atom. The van der Waals surface area contributed by atoms with Crippen molar-refractivity contribution in [3.05, 3.63) is 37.2 Å². The van der Waals surface area contributed by atoms with Crippen molar-refractivity contribution in [2.45, 2.75) is 13.0 Å². The monoisotopic (exact) mass is 282 g/mol. The highest BCUT2D eigenvalue weighted by Gasteiger charge is 2.18. The highest BCUT2D eigenvalue weighted by atomic mass is 16.4. The zero-order chi connectivity index (χ0) is 15.3. The Balaban J connectivity index is 0.000000286. The van der Waals surface area contributed by atoms with Crippen LogP contribution in [-0.4, -0.2) is 69.3 Å². The van der Waals surface area contributed by atoms with Crippen LogP contribution in [0.5, 0.6) is 0 Å². The Bertz CT molecular complexity index is 392. The number of hydrogen-bond donors (Lipinski definition) is 2. The largest absolute Gasteiger partial charge is 0.479 e. The first-order chi connectivity index (χ1) is 9.31. The second-order valence-corrected chi connectivity index (χ2v) is 4.76. The molecular formula is C13H22N4O3. The van der Waals surface area contributed by atoms with Crippen molar-refractivity contribution in [2.24, 2.45) is 0 Å². The van der Waals surface area contributed by atoms with Crippen molar-refractivity contribution in [2.75, 3.05) is 27.4 Å². The molecule has 0 radical (unpaired) electrons. The number of rotatable bonds is 3. The minimum absolute atomic E-state index is 0.882. The Labute approximate surface area is 119 Å². The van der Waals surface area contributed by atoms with E-state index in [-0.39, 0.29) is 0 Å². The maximum absolute atomic E-state index is 9.45. The van der Waals surface area contributed by atoms with Crippen LogP contribution in [0.15, 0.2) is 37.2 Å². The molecular weight excluding hydrogens is 260 g/mol. The fourth-order valence-corrected chi connectivity index (χ4v) is 1.56. The third kappa shape index (κ3) is 4.51. The lowest BCUT2D eigenvalue weighted by Gasteiger charge is -2.27. The first kappa shape index (κ1) is 15.9. The molecule has 0 aliphatic carbocycles. The van der Waals surface area contributed by atoms with Gasteiger partial charge in [0.25, 0.3) is 0 Å². The Morgan fingerprint density at radius 2 is 1.45 bits per heavy atom. The van der Waals surface area contributed by atoms with E-state index >= 15 is 0 Å². The molecule has 2 aliphatic rings. The van der Waals surface area contributed by atoms with Gasteiger partial charge in [0, 0.05) is 38.9 Å². The van der Waals surface area contributed by atoms with Crippen LogP contribution in [0, 0.1) is 0 Å². The van der Waals surface area contributed by atoms with Crippen molar-refractivity contribution in [3.63, 3.8) is 0 Å². The normalized spacial score (nSPS) is 18.2. The third-order valence-corrected chi connectivity index (χ3v) is 2.77. The van der Waals surface area contributed by atoms with Gasteiger partial charge in [-0.3, -0.25) is 0 Å². The topological polar surface area (TPSA) is 70.5 Å². The lowest BCUT2D eigenvalue weighted by molar-refractivity contribution is -0.145. The fraction of sp³-hybridized carbons (Fsp3) is 0.462. The second-order valence-electron chi connectivity index (χ2n) is 4.76. The number of hydrogen-bond acceptors (Lipinski definition) is 6. The lowest BCUT2D eigenvalue weighted by Crippen LogP contribution is -2.31. The summed E-state index contributed by atoms with van der Waals surface area (Å²) in [6, 6.07) is 0. The van der Waals surface area contributed by atoms with Gasteiger partial charge in [-0.15, -0.1) is 0 Å². The molecule has 0 amide bonds. The van der Waals surface area contributed by atoms with E-state index in [1.165, 1.54) is 6.92 Å². The molecule has 0 aromatic rings. The maximum Gasteiger partial charge on any atom is 0.332 e. The number of aliphatic hydroxyl groups is 1. The van der Waals surface area contributed by atoms with Crippen LogP contribution in [-0.2, 0) is 4.79 Å². The molecule has 0 aromatic heterocycles. The van der Waals surface area contributed by atoms with Crippen LogP contribution >= 0.6 is 0 Å². The number of carboxylic acids is 1. The third-order valence-electron chi connectivity index (χ3n) is 2.77. The number of carboxylic acid groups (broad SMARTS) is 1. The minimum atomic E-state index is -1.23. The zero-order valence-electron chi connectivity index (χ0n) is 12.1. The van der Waals surface area contributed by atoms with Gasteiger partial charge in [0.15, 0.2) is 0 Å². The van der Waals surface area contributed by atoms with Crippen LogP contribution in [0.1, 0.15) is 6.92 Å². The van der Waals surface area contributed by atoms with Crippen molar-refractivity contribution < 1.29 is 15.0 Å². The zero-order valence-corrected chi connectivity index (χ0v) is 12.1. The molecule has 0 saturated carbocycles. The molecule has 1 atom stereocenters. The van der Waals surface area contributed by atoms with Gasteiger partial charge in [-0.25, -0.2) is 4.79 Å². The standard InChI is InChI=1S/C10H16N4.C3H6O3/c1-10(13-6-4-11(2)8-13)14-7-5-12(3)9-14;1-2(4)3(5)6/h4-7H,1,8-9H2,2-3H3;2,4H,1H3,(H,5,6). The quantitative estimate of drug-likeness (QED) is 0.769. The van der Waals surface area contributed by atoms with E-state index < -0.39 is 12.1 Å². The number of aliphatic hydroxyl groups excluding tert-OH is 1. The number of nitrogens with zero attached hydrogens (tertiary/aromatic N) is 4. The van der Waals surface area contributed by atoms with Crippen molar-refractivity contribution >= 4 is 5.97 Å². The first-order valence-electron chi connectivity index (χ1n) is 6.21. The second kappa shape index (κ2) is 6.85. The summed E-state index contributed by atoms with van der Waals surface area (Å²) in [5.41, 5.74) is 0. The molecule has 2 aliphatic heterocycles. The molecule has 7 heteroatoms. The molecule has 0 bridgehead atoms. The SMILES string of the molecule is C=C(N1C=CN(C)C1)N1C=CN(C)C1.CC(O)C(=O)O. The molecule has 2 heterocycles. The van der Waals surface area contributed by atoms with Crippen LogP contribution in [0.25, 0.3) is 0 Å². The van der Waals surface area contributed by atoms with Crippen LogP contribution in [0.3, 0.4) is 0 Å². The van der Waals surface area contributed by atoms with Gasteiger partial charge in [0.2, 0.25) is 0 Å². The molecule has 2 N–H and O–H groups in total. The molecule has 112 valence electrons. The van der Waals surface area contributed by atoms with E-state index in [4.69, 9.17) is 10.2 Å². The molecule has 20 heavy (non-hydrogen) atoms. The summed E-state index contributed by atoms with van der Waals surface area (Å²) < 4.78 is 0. The minimum Gasteiger partial charge on any atom is -0.479 e. The summed E-state index contributed by atoms with van der Waals surface area (Å²) in [6.07, 6.45) is 6.97. The molecule has 1 unspecified atom stereocenters. The molecule has 7 nitrogen and oxygen atoms in total. The molecule has 0 fully saturated rings. The van der Waals surface area contributed by atoms with Crippen molar-refractivity contribution in [1.82, 2.24) is 19.6 Å². The van der Waals surface area contributed by atoms with Gasteiger partial charge < -0.3 is 29.8 Å². The van der Waals surface area contributed by atoms with Gasteiger partial charge in [0.1, 0.15) is 11.9 Å². The van der Waals surface area contributed by atoms with Gasteiger partial charge in [-0.2, -0.15) is 0 Å². The smallest absolute Gasteiger partial charge is 0.332 e. The lowest BCUT2D eigenvalue weighted by atomic mass is 10.4. The average Bonchev–Trinajstić information content (AvgIpc) is 2.98.